The van der Waals surface area contributed by atoms with Gasteiger partial charge in [-0.1, -0.05) is 5.57 Å². The first kappa shape index (κ1) is 19.9. The molecule has 20 heavy (non-hydrogen) atoms. The quantitative estimate of drug-likeness (QED) is 0.806. The highest BCUT2D eigenvalue weighted by atomic mass is 79.9. The van der Waals surface area contributed by atoms with E-state index in [9.17, 15) is 0 Å². The minimum atomic E-state index is 0. The van der Waals surface area contributed by atoms with E-state index in [0.717, 1.165) is 42.8 Å². The Kier molecular flexibility index (Phi) is 9.68. The smallest absolute Gasteiger partial charge is 0.0579 e. The van der Waals surface area contributed by atoms with Gasteiger partial charge in [-0.05, 0) is 41.4 Å². The first-order valence-electron chi connectivity index (χ1n) is 6.37. The SMILES string of the molecule is C=C(C)C[C@H](c1ccc(Br)cn1)N1CCNCC1.Cl.Cl. The maximum atomic E-state index is 4.56. The summed E-state index contributed by atoms with van der Waals surface area (Å²) < 4.78 is 1.03. The minimum absolute atomic E-state index is 0. The molecule has 2 heterocycles. The van der Waals surface area contributed by atoms with Crippen LogP contribution in [0.3, 0.4) is 0 Å². The number of hydrogen-bond donors (Lipinski definition) is 1. The second-order valence-corrected chi connectivity index (χ2v) is 5.78. The molecule has 1 fully saturated rings. The Morgan fingerprint density at radius 2 is 2.05 bits per heavy atom. The van der Waals surface area contributed by atoms with Gasteiger partial charge in [-0.15, -0.1) is 31.4 Å². The summed E-state index contributed by atoms with van der Waals surface area (Å²) in [5.74, 6) is 0. The lowest BCUT2D eigenvalue weighted by molar-refractivity contribution is 0.169. The summed E-state index contributed by atoms with van der Waals surface area (Å²) in [6, 6.07) is 4.54. The van der Waals surface area contributed by atoms with Gasteiger partial charge in [0.25, 0.3) is 0 Å². The van der Waals surface area contributed by atoms with E-state index in [-0.39, 0.29) is 24.8 Å². The van der Waals surface area contributed by atoms with Gasteiger partial charge in [0, 0.05) is 36.8 Å². The summed E-state index contributed by atoms with van der Waals surface area (Å²) in [7, 11) is 0. The van der Waals surface area contributed by atoms with Crippen LogP contribution in [0.25, 0.3) is 0 Å². The molecule has 0 bridgehead atoms. The molecule has 1 aliphatic rings. The van der Waals surface area contributed by atoms with E-state index in [4.69, 9.17) is 0 Å². The summed E-state index contributed by atoms with van der Waals surface area (Å²) in [4.78, 5) is 7.06. The van der Waals surface area contributed by atoms with Crippen LogP contribution in [0.15, 0.2) is 35.0 Å². The Balaban J connectivity index is 0.00000180. The highest BCUT2D eigenvalue weighted by molar-refractivity contribution is 9.10. The number of hydrogen-bond acceptors (Lipinski definition) is 3. The van der Waals surface area contributed by atoms with Gasteiger partial charge in [-0.2, -0.15) is 0 Å². The van der Waals surface area contributed by atoms with Gasteiger partial charge in [0.2, 0.25) is 0 Å². The molecule has 0 aromatic carbocycles. The molecule has 1 aliphatic heterocycles. The molecule has 1 N–H and O–H groups in total. The van der Waals surface area contributed by atoms with E-state index in [0.29, 0.717) is 6.04 Å². The zero-order valence-electron chi connectivity index (χ0n) is 11.6. The van der Waals surface area contributed by atoms with Crippen molar-refractivity contribution in [3.05, 3.63) is 40.6 Å². The Bertz CT molecular complexity index is 405. The Hall–Kier alpha value is -0.130. The lowest BCUT2D eigenvalue weighted by Gasteiger charge is -2.34. The molecule has 114 valence electrons. The largest absolute Gasteiger partial charge is 0.314 e. The standard InChI is InChI=1S/C14H20BrN3.2ClH/c1-11(2)9-14(18-7-5-16-6-8-18)13-4-3-12(15)10-17-13;;/h3-4,10,14,16H,1,5-9H2,2H3;2*1H/t14-;;/m1../s1. The summed E-state index contributed by atoms with van der Waals surface area (Å²) in [5.41, 5.74) is 2.35. The maximum Gasteiger partial charge on any atom is 0.0579 e. The normalized spacial score (nSPS) is 16.7. The first-order valence-corrected chi connectivity index (χ1v) is 7.16. The van der Waals surface area contributed by atoms with Crippen LogP contribution in [0.4, 0.5) is 0 Å². The molecule has 0 unspecified atom stereocenters. The molecule has 0 amide bonds. The Labute approximate surface area is 142 Å². The van der Waals surface area contributed by atoms with Crippen molar-refractivity contribution in [3.63, 3.8) is 0 Å². The molecule has 1 saturated heterocycles. The van der Waals surface area contributed by atoms with Crippen molar-refractivity contribution in [2.24, 2.45) is 0 Å². The fraction of sp³-hybridized carbons (Fsp3) is 0.500. The summed E-state index contributed by atoms with van der Waals surface area (Å²) in [6.45, 7) is 10.4. The minimum Gasteiger partial charge on any atom is -0.314 e. The van der Waals surface area contributed by atoms with E-state index < -0.39 is 0 Å². The van der Waals surface area contributed by atoms with Crippen LogP contribution in [-0.2, 0) is 0 Å². The van der Waals surface area contributed by atoms with Crippen LogP contribution in [-0.4, -0.2) is 36.1 Å². The van der Waals surface area contributed by atoms with Crippen molar-refractivity contribution in [2.45, 2.75) is 19.4 Å². The summed E-state index contributed by atoms with van der Waals surface area (Å²) in [5, 5.41) is 3.39. The fourth-order valence-electron chi connectivity index (χ4n) is 2.33. The molecule has 0 aliphatic carbocycles. The van der Waals surface area contributed by atoms with Crippen LogP contribution < -0.4 is 5.32 Å². The van der Waals surface area contributed by atoms with Gasteiger partial charge < -0.3 is 5.32 Å². The number of piperazine rings is 1. The van der Waals surface area contributed by atoms with Crippen molar-refractivity contribution in [1.29, 1.82) is 0 Å². The zero-order chi connectivity index (χ0) is 13.0. The average Bonchev–Trinajstić information content (AvgIpc) is 2.38. The molecule has 3 nitrogen and oxygen atoms in total. The second kappa shape index (κ2) is 9.74. The number of nitrogens with one attached hydrogen (secondary N) is 1. The molecule has 0 radical (unpaired) electrons. The Morgan fingerprint density at radius 1 is 1.40 bits per heavy atom. The highest BCUT2D eigenvalue weighted by Crippen LogP contribution is 2.26. The lowest BCUT2D eigenvalue weighted by atomic mass is 10.0. The summed E-state index contributed by atoms with van der Waals surface area (Å²) in [6.07, 6.45) is 2.86. The van der Waals surface area contributed by atoms with Crippen LogP contribution >= 0.6 is 40.7 Å². The predicted molar refractivity (Wildman–Crippen MR) is 93.0 cm³/mol. The third-order valence-corrected chi connectivity index (χ3v) is 3.69. The van der Waals surface area contributed by atoms with Crippen molar-refractivity contribution in [2.75, 3.05) is 26.2 Å². The van der Waals surface area contributed by atoms with Gasteiger partial charge in [0.1, 0.15) is 0 Å². The molecular formula is C14H22BrCl2N3. The molecule has 1 aromatic rings. The molecule has 1 atom stereocenters. The van der Waals surface area contributed by atoms with Gasteiger partial charge in [0.15, 0.2) is 0 Å². The van der Waals surface area contributed by atoms with E-state index >= 15 is 0 Å². The molecular weight excluding hydrogens is 361 g/mol. The van der Waals surface area contributed by atoms with Gasteiger partial charge in [0.05, 0.1) is 11.7 Å². The number of aromatic nitrogens is 1. The molecule has 0 saturated carbocycles. The van der Waals surface area contributed by atoms with Gasteiger partial charge in [-0.3, -0.25) is 9.88 Å². The number of halogens is 3. The topological polar surface area (TPSA) is 28.2 Å². The molecule has 0 spiro atoms. The van der Waals surface area contributed by atoms with Crippen molar-refractivity contribution in [3.8, 4) is 0 Å². The number of nitrogens with zero attached hydrogens (tertiary/aromatic N) is 2. The van der Waals surface area contributed by atoms with Crippen LogP contribution in [0, 0.1) is 0 Å². The van der Waals surface area contributed by atoms with Gasteiger partial charge in [-0.25, -0.2) is 0 Å². The van der Waals surface area contributed by atoms with Gasteiger partial charge >= 0.3 is 0 Å². The maximum absolute atomic E-state index is 4.56. The first-order chi connectivity index (χ1) is 8.66. The van der Waals surface area contributed by atoms with Crippen LogP contribution in [0.5, 0.6) is 0 Å². The van der Waals surface area contributed by atoms with Crippen molar-refractivity contribution < 1.29 is 0 Å². The molecule has 1 aromatic heterocycles. The van der Waals surface area contributed by atoms with E-state index in [1.165, 1.54) is 5.57 Å². The Morgan fingerprint density at radius 3 is 2.55 bits per heavy atom. The monoisotopic (exact) mass is 381 g/mol. The van der Waals surface area contributed by atoms with Crippen molar-refractivity contribution in [1.82, 2.24) is 15.2 Å². The highest BCUT2D eigenvalue weighted by Gasteiger charge is 2.22. The predicted octanol–water partition coefficient (Wildman–Crippen LogP) is 3.60. The third kappa shape index (κ3) is 5.70. The summed E-state index contributed by atoms with van der Waals surface area (Å²) >= 11 is 3.44. The molecule has 6 heteroatoms. The zero-order valence-corrected chi connectivity index (χ0v) is 14.9. The molecule has 2 rings (SSSR count). The van der Waals surface area contributed by atoms with Crippen LogP contribution in [0.2, 0.25) is 0 Å². The van der Waals surface area contributed by atoms with E-state index in [2.05, 4.69) is 56.8 Å². The van der Waals surface area contributed by atoms with Crippen molar-refractivity contribution >= 4 is 40.7 Å². The fourth-order valence-corrected chi connectivity index (χ4v) is 2.56. The number of rotatable bonds is 4. The average molecular weight is 383 g/mol. The third-order valence-electron chi connectivity index (χ3n) is 3.23. The van der Waals surface area contributed by atoms with E-state index in [1.54, 1.807) is 0 Å². The van der Waals surface area contributed by atoms with E-state index in [1.807, 2.05) is 6.20 Å². The second-order valence-electron chi connectivity index (χ2n) is 4.86. The number of pyridine rings is 1. The lowest BCUT2D eigenvalue weighted by Crippen LogP contribution is -2.45. The van der Waals surface area contributed by atoms with Crippen LogP contribution in [0.1, 0.15) is 25.1 Å².